The van der Waals surface area contributed by atoms with Crippen molar-refractivity contribution in [1.29, 1.82) is 0 Å². The molecule has 0 aliphatic rings. The van der Waals surface area contributed by atoms with E-state index in [4.69, 9.17) is 14.2 Å². The first kappa shape index (κ1) is 41.5. The summed E-state index contributed by atoms with van der Waals surface area (Å²) in [6.07, 6.45) is 27.7. The first-order valence-corrected chi connectivity index (χ1v) is 17.0. The molecule has 0 aromatic rings. The van der Waals surface area contributed by atoms with Crippen molar-refractivity contribution in [2.75, 3.05) is 41.0 Å². The third kappa shape index (κ3) is 26.0. The van der Waals surface area contributed by atoms with Crippen LogP contribution in [0.25, 0.3) is 0 Å². The van der Waals surface area contributed by atoms with Crippen LogP contribution in [-0.4, -0.2) is 80.6 Å². The quantitative estimate of drug-likeness (QED) is 0.0391. The highest BCUT2D eigenvalue weighted by atomic mass is 16.6. The molecule has 2 unspecified atom stereocenters. The van der Waals surface area contributed by atoms with Gasteiger partial charge in [0.2, 0.25) is 0 Å². The number of carboxylic acids is 1. The molecule has 8 nitrogen and oxygen atoms in total. The zero-order chi connectivity index (χ0) is 32.9. The third-order valence-corrected chi connectivity index (χ3v) is 7.30. The fraction of sp³-hybridized carbons (Fsp3) is 0.750. The molecular weight excluding hydrogens is 558 g/mol. The summed E-state index contributed by atoms with van der Waals surface area (Å²) in [5, 5.41) is 9.54. The smallest absolute Gasteiger partial charge is 0.362 e. The summed E-state index contributed by atoms with van der Waals surface area (Å²) in [7, 11) is 5.49. The summed E-state index contributed by atoms with van der Waals surface area (Å²) >= 11 is 0. The predicted octanol–water partition coefficient (Wildman–Crippen LogP) is 7.96. The highest BCUT2D eigenvalue weighted by Gasteiger charge is 2.31. The van der Waals surface area contributed by atoms with E-state index in [1.807, 2.05) is 21.1 Å². The summed E-state index contributed by atoms with van der Waals surface area (Å²) in [6.45, 7) is 4.51. The Balaban J connectivity index is 4.53. The minimum atomic E-state index is -0.883. The molecule has 8 heteroatoms. The molecule has 0 bridgehead atoms. The second-order valence-corrected chi connectivity index (χ2v) is 12.4. The zero-order valence-electron chi connectivity index (χ0n) is 28.6. The summed E-state index contributed by atoms with van der Waals surface area (Å²) in [5.74, 6) is -1.52. The van der Waals surface area contributed by atoms with Crippen LogP contribution in [0.2, 0.25) is 0 Å². The number of allylic oxidation sites excluding steroid dienone is 6. The molecule has 0 aromatic heterocycles. The van der Waals surface area contributed by atoms with Crippen LogP contribution in [0.1, 0.15) is 123 Å². The number of hydrogen-bond donors (Lipinski definition) is 1. The van der Waals surface area contributed by atoms with E-state index in [2.05, 4.69) is 50.3 Å². The number of carboxylic acid groups (broad SMARTS) is 1. The molecule has 0 fully saturated rings. The van der Waals surface area contributed by atoms with Crippen molar-refractivity contribution in [2.24, 2.45) is 0 Å². The van der Waals surface area contributed by atoms with Crippen LogP contribution in [0, 0.1) is 0 Å². The minimum absolute atomic E-state index is 0.0497. The highest BCUT2D eigenvalue weighted by molar-refractivity contribution is 5.72. The molecule has 0 saturated heterocycles. The van der Waals surface area contributed by atoms with Crippen LogP contribution < -0.4 is 0 Å². The van der Waals surface area contributed by atoms with E-state index in [0.717, 1.165) is 64.2 Å². The number of ether oxygens (including phenoxy) is 3. The molecule has 0 aromatic carbocycles. The van der Waals surface area contributed by atoms with Crippen molar-refractivity contribution in [3.63, 3.8) is 0 Å². The fourth-order valence-corrected chi connectivity index (χ4v) is 4.63. The lowest BCUT2D eigenvalue weighted by atomic mass is 10.1. The highest BCUT2D eigenvalue weighted by Crippen LogP contribution is 2.12. The van der Waals surface area contributed by atoms with Crippen molar-refractivity contribution < 1.29 is 38.2 Å². The molecule has 0 aliphatic heterocycles. The van der Waals surface area contributed by atoms with Gasteiger partial charge >= 0.3 is 17.9 Å². The Morgan fingerprint density at radius 2 is 1.27 bits per heavy atom. The molecular formula is C36H64NO7+. The number of likely N-dealkylation sites (N-methyl/N-ethyl adjacent to an activating group) is 1. The molecule has 0 radical (unpaired) electrons. The van der Waals surface area contributed by atoms with Crippen molar-refractivity contribution >= 4 is 17.9 Å². The Kier molecular flexibility index (Phi) is 26.5. The van der Waals surface area contributed by atoms with E-state index in [-0.39, 0.29) is 36.2 Å². The number of rotatable bonds is 29. The first-order valence-electron chi connectivity index (χ1n) is 17.0. The molecule has 1 N–H and O–H groups in total. The third-order valence-electron chi connectivity index (χ3n) is 7.30. The van der Waals surface area contributed by atoms with Gasteiger partial charge in [0.1, 0.15) is 6.61 Å². The maximum Gasteiger partial charge on any atom is 0.362 e. The van der Waals surface area contributed by atoms with Gasteiger partial charge in [0.05, 0.1) is 34.4 Å². The lowest BCUT2D eigenvalue weighted by molar-refractivity contribution is -0.887. The second-order valence-electron chi connectivity index (χ2n) is 12.4. The minimum Gasteiger partial charge on any atom is -0.477 e. The van der Waals surface area contributed by atoms with Crippen LogP contribution in [0.3, 0.4) is 0 Å². The van der Waals surface area contributed by atoms with Crippen LogP contribution >= 0.6 is 0 Å². The first-order chi connectivity index (χ1) is 21.1. The number of carbonyl (C=O) groups excluding carboxylic acids is 2. The SMILES string of the molecule is CC/C=C\C/C=C\C/C=C\CCCCCC(=O)OC(COCCC(C(=O)O)[N+](C)(C)C)COC(=O)CCCCCCCCC. The van der Waals surface area contributed by atoms with Gasteiger partial charge in [-0.3, -0.25) is 9.59 Å². The maximum absolute atomic E-state index is 12.6. The number of aliphatic carboxylic acids is 1. The Hall–Kier alpha value is -2.45. The lowest BCUT2D eigenvalue weighted by Gasteiger charge is -2.31. The summed E-state index contributed by atoms with van der Waals surface area (Å²) in [6, 6.07) is -0.616. The standard InChI is InChI=1S/C36H63NO7/c1-6-8-10-12-14-15-16-17-18-19-21-23-25-27-35(39)44-32(30-42-29-28-33(36(40)41)37(3,4)5)31-43-34(38)26-24-22-20-13-11-9-7-2/h8,10,14-15,17-18,32-33H,6-7,9,11-13,16,19-31H2,1-5H3/p+1/b10-8-,15-14-,18-17-. The van der Waals surface area contributed by atoms with Gasteiger partial charge in [-0.25, -0.2) is 4.79 Å². The van der Waals surface area contributed by atoms with Gasteiger partial charge in [-0.05, 0) is 44.9 Å². The van der Waals surface area contributed by atoms with Crippen LogP contribution in [-0.2, 0) is 28.6 Å². The van der Waals surface area contributed by atoms with Gasteiger partial charge in [-0.15, -0.1) is 0 Å². The molecule has 0 rings (SSSR count). The van der Waals surface area contributed by atoms with Gasteiger partial charge in [-0.2, -0.15) is 0 Å². The van der Waals surface area contributed by atoms with Gasteiger partial charge in [-0.1, -0.05) is 95.2 Å². The van der Waals surface area contributed by atoms with E-state index >= 15 is 0 Å². The molecule has 0 aliphatic carbocycles. The van der Waals surface area contributed by atoms with Gasteiger partial charge in [0.15, 0.2) is 12.1 Å². The van der Waals surface area contributed by atoms with E-state index in [9.17, 15) is 19.5 Å². The van der Waals surface area contributed by atoms with Gasteiger partial charge in [0, 0.05) is 19.3 Å². The average Bonchev–Trinajstić information content (AvgIpc) is 2.96. The Labute approximate surface area is 268 Å². The molecule has 254 valence electrons. The van der Waals surface area contributed by atoms with Crippen molar-refractivity contribution in [1.82, 2.24) is 0 Å². The molecule has 0 heterocycles. The fourth-order valence-electron chi connectivity index (χ4n) is 4.63. The number of unbranched alkanes of at least 4 members (excludes halogenated alkanes) is 9. The summed E-state index contributed by atoms with van der Waals surface area (Å²) < 4.78 is 17.0. The second kappa shape index (κ2) is 28.1. The van der Waals surface area contributed by atoms with Gasteiger partial charge < -0.3 is 23.8 Å². The van der Waals surface area contributed by atoms with Crippen LogP contribution in [0.15, 0.2) is 36.5 Å². The molecule has 0 spiro atoms. The molecule has 0 saturated carbocycles. The Morgan fingerprint density at radius 3 is 1.89 bits per heavy atom. The van der Waals surface area contributed by atoms with Crippen molar-refractivity contribution in [3.05, 3.63) is 36.5 Å². The average molecular weight is 623 g/mol. The van der Waals surface area contributed by atoms with E-state index in [0.29, 0.717) is 19.3 Å². The zero-order valence-corrected chi connectivity index (χ0v) is 28.6. The molecule has 2 atom stereocenters. The van der Waals surface area contributed by atoms with E-state index < -0.39 is 18.1 Å². The topological polar surface area (TPSA) is 99.1 Å². The van der Waals surface area contributed by atoms with Crippen molar-refractivity contribution in [2.45, 2.75) is 135 Å². The summed E-state index contributed by atoms with van der Waals surface area (Å²) in [5.41, 5.74) is 0. The number of carbonyl (C=O) groups is 3. The van der Waals surface area contributed by atoms with E-state index in [1.165, 1.54) is 25.7 Å². The van der Waals surface area contributed by atoms with Crippen LogP contribution in [0.5, 0.6) is 0 Å². The Morgan fingerprint density at radius 1 is 0.705 bits per heavy atom. The van der Waals surface area contributed by atoms with Crippen LogP contribution in [0.4, 0.5) is 0 Å². The predicted molar refractivity (Wildman–Crippen MR) is 178 cm³/mol. The largest absolute Gasteiger partial charge is 0.477 e. The lowest BCUT2D eigenvalue weighted by Crippen LogP contribution is -2.50. The number of esters is 2. The van der Waals surface area contributed by atoms with E-state index in [1.54, 1.807) is 0 Å². The molecule has 0 amide bonds. The maximum atomic E-state index is 12.6. The monoisotopic (exact) mass is 622 g/mol. The summed E-state index contributed by atoms with van der Waals surface area (Å²) in [4.78, 5) is 36.5. The number of nitrogens with zero attached hydrogens (tertiary/aromatic N) is 1. The van der Waals surface area contributed by atoms with Crippen molar-refractivity contribution in [3.8, 4) is 0 Å². The van der Waals surface area contributed by atoms with Gasteiger partial charge in [0.25, 0.3) is 0 Å². The Bertz CT molecular complexity index is 829. The number of hydrogen-bond acceptors (Lipinski definition) is 6. The molecule has 44 heavy (non-hydrogen) atoms. The number of quaternary nitrogens is 1. The normalized spacial score (nSPS) is 13.6.